The van der Waals surface area contributed by atoms with Crippen molar-refractivity contribution in [3.8, 4) is 5.88 Å². The third-order valence-electron chi connectivity index (χ3n) is 2.25. The monoisotopic (exact) mass is 263 g/mol. The topological polar surface area (TPSA) is 54.5 Å². The Labute approximate surface area is 114 Å². The molecule has 0 fully saturated rings. The van der Waals surface area contributed by atoms with Crippen molar-refractivity contribution >= 4 is 5.91 Å². The largest absolute Gasteiger partial charge is 0.478 e. The quantitative estimate of drug-likeness (QED) is 0.563. The predicted octanol–water partition coefficient (Wildman–Crippen LogP) is 1.08. The molecule has 0 saturated heterocycles. The van der Waals surface area contributed by atoms with Gasteiger partial charge in [-0.2, -0.15) is 0 Å². The summed E-state index contributed by atoms with van der Waals surface area (Å²) in [6, 6.07) is 5.52. The lowest BCUT2D eigenvalue weighted by molar-refractivity contribution is -0.116. The van der Waals surface area contributed by atoms with E-state index in [1.807, 2.05) is 43.3 Å². The van der Waals surface area contributed by atoms with Crippen LogP contribution in [-0.2, 0) is 4.79 Å². The molecule has 0 atom stereocenters. The maximum absolute atomic E-state index is 11.4. The van der Waals surface area contributed by atoms with Crippen molar-refractivity contribution in [2.45, 2.75) is 6.42 Å². The molecule has 1 aromatic heterocycles. The highest BCUT2D eigenvalue weighted by atomic mass is 16.5. The Morgan fingerprint density at radius 2 is 2.32 bits per heavy atom. The number of rotatable bonds is 8. The Morgan fingerprint density at radius 3 is 3.00 bits per heavy atom. The van der Waals surface area contributed by atoms with Gasteiger partial charge >= 0.3 is 0 Å². The van der Waals surface area contributed by atoms with Crippen molar-refractivity contribution in [2.75, 3.05) is 33.8 Å². The van der Waals surface area contributed by atoms with Crippen LogP contribution in [0.2, 0.25) is 0 Å². The van der Waals surface area contributed by atoms with E-state index in [1.54, 1.807) is 12.3 Å². The lowest BCUT2D eigenvalue weighted by atomic mass is 10.4. The number of nitrogens with one attached hydrogen (secondary N) is 1. The Morgan fingerprint density at radius 1 is 1.47 bits per heavy atom. The van der Waals surface area contributed by atoms with E-state index >= 15 is 0 Å². The molecular weight excluding hydrogens is 242 g/mol. The van der Waals surface area contributed by atoms with E-state index in [1.165, 1.54) is 0 Å². The minimum absolute atomic E-state index is 0.0697. The summed E-state index contributed by atoms with van der Waals surface area (Å²) in [5.74, 6) is 0.541. The molecule has 19 heavy (non-hydrogen) atoms. The summed E-state index contributed by atoms with van der Waals surface area (Å²) in [4.78, 5) is 17.4. The number of carbonyl (C=O) groups excluding carboxylic acids is 1. The number of amides is 1. The Bertz CT molecular complexity index is 391. The Hall–Kier alpha value is -1.88. The van der Waals surface area contributed by atoms with Gasteiger partial charge in [0.2, 0.25) is 11.8 Å². The maximum Gasteiger partial charge on any atom is 0.243 e. The third kappa shape index (κ3) is 7.94. The molecule has 5 heteroatoms. The third-order valence-corrected chi connectivity index (χ3v) is 2.25. The molecule has 0 bridgehead atoms. The van der Waals surface area contributed by atoms with Gasteiger partial charge in [-0.1, -0.05) is 12.1 Å². The van der Waals surface area contributed by atoms with Crippen LogP contribution in [0.15, 0.2) is 36.5 Å². The number of likely N-dealkylation sites (N-methyl/N-ethyl adjacent to an activating group) is 1. The molecule has 0 aliphatic carbocycles. The molecule has 1 heterocycles. The van der Waals surface area contributed by atoms with Crippen LogP contribution in [0, 0.1) is 0 Å². The van der Waals surface area contributed by atoms with E-state index in [0.29, 0.717) is 19.0 Å². The minimum atomic E-state index is -0.0697. The molecule has 1 N–H and O–H groups in total. The SMILES string of the molecule is CN(C)C/C=C/C(=O)NCCCOc1ccccn1. The molecule has 0 saturated carbocycles. The van der Waals surface area contributed by atoms with Crippen LogP contribution in [0.4, 0.5) is 0 Å². The second-order valence-corrected chi connectivity index (χ2v) is 4.33. The number of hydrogen-bond acceptors (Lipinski definition) is 4. The van der Waals surface area contributed by atoms with Gasteiger partial charge in [0, 0.05) is 31.4 Å². The Balaban J connectivity index is 2.04. The zero-order chi connectivity index (χ0) is 13.9. The van der Waals surface area contributed by atoms with Crippen LogP contribution in [0.25, 0.3) is 0 Å². The van der Waals surface area contributed by atoms with E-state index < -0.39 is 0 Å². The average Bonchev–Trinajstić information content (AvgIpc) is 2.39. The van der Waals surface area contributed by atoms with E-state index in [2.05, 4.69) is 10.3 Å². The summed E-state index contributed by atoms with van der Waals surface area (Å²) in [6.07, 6.45) is 5.83. The highest BCUT2D eigenvalue weighted by Gasteiger charge is 1.96. The zero-order valence-corrected chi connectivity index (χ0v) is 11.5. The van der Waals surface area contributed by atoms with E-state index in [0.717, 1.165) is 13.0 Å². The number of carbonyl (C=O) groups is 1. The second-order valence-electron chi connectivity index (χ2n) is 4.33. The average molecular weight is 263 g/mol. The van der Waals surface area contributed by atoms with Crippen LogP contribution >= 0.6 is 0 Å². The lowest BCUT2D eigenvalue weighted by Crippen LogP contribution is -2.24. The van der Waals surface area contributed by atoms with Crippen LogP contribution in [0.5, 0.6) is 5.88 Å². The molecule has 104 valence electrons. The highest BCUT2D eigenvalue weighted by molar-refractivity contribution is 5.87. The van der Waals surface area contributed by atoms with Crippen molar-refractivity contribution in [1.29, 1.82) is 0 Å². The van der Waals surface area contributed by atoms with Crippen molar-refractivity contribution < 1.29 is 9.53 Å². The summed E-state index contributed by atoms with van der Waals surface area (Å²) in [5.41, 5.74) is 0. The van der Waals surface area contributed by atoms with Crippen LogP contribution in [0.1, 0.15) is 6.42 Å². The van der Waals surface area contributed by atoms with Gasteiger partial charge in [0.05, 0.1) is 6.61 Å². The summed E-state index contributed by atoms with van der Waals surface area (Å²) < 4.78 is 5.41. The fourth-order valence-electron chi connectivity index (χ4n) is 1.32. The van der Waals surface area contributed by atoms with E-state index in [4.69, 9.17) is 4.74 Å². The second kappa shape index (κ2) is 9.10. The number of aromatic nitrogens is 1. The minimum Gasteiger partial charge on any atom is -0.478 e. The van der Waals surface area contributed by atoms with Gasteiger partial charge in [-0.15, -0.1) is 0 Å². The van der Waals surface area contributed by atoms with Crippen molar-refractivity contribution in [3.05, 3.63) is 36.5 Å². The first-order valence-corrected chi connectivity index (χ1v) is 6.31. The number of hydrogen-bond donors (Lipinski definition) is 1. The standard InChI is InChI=1S/C14H21N3O2/c1-17(2)11-5-7-13(18)15-10-6-12-19-14-8-3-4-9-16-14/h3-5,7-9H,6,10-12H2,1-2H3,(H,15,18)/b7-5+. The van der Waals surface area contributed by atoms with Crippen LogP contribution < -0.4 is 10.1 Å². The zero-order valence-electron chi connectivity index (χ0n) is 11.5. The highest BCUT2D eigenvalue weighted by Crippen LogP contribution is 2.02. The fraction of sp³-hybridized carbons (Fsp3) is 0.429. The first-order valence-electron chi connectivity index (χ1n) is 6.31. The lowest BCUT2D eigenvalue weighted by Gasteiger charge is -2.06. The molecule has 1 amide bonds. The molecule has 1 aromatic rings. The number of pyridine rings is 1. The predicted molar refractivity (Wildman–Crippen MR) is 75.1 cm³/mol. The van der Waals surface area contributed by atoms with Gasteiger partial charge in [0.25, 0.3) is 0 Å². The van der Waals surface area contributed by atoms with Crippen molar-refractivity contribution in [3.63, 3.8) is 0 Å². The molecule has 0 aromatic carbocycles. The molecule has 1 rings (SSSR count). The molecule has 0 radical (unpaired) electrons. The van der Waals surface area contributed by atoms with Gasteiger partial charge in [-0.05, 0) is 26.6 Å². The van der Waals surface area contributed by atoms with Gasteiger partial charge in [0.15, 0.2) is 0 Å². The normalized spacial score (nSPS) is 10.9. The molecule has 0 aliphatic heterocycles. The molecular formula is C14H21N3O2. The van der Waals surface area contributed by atoms with Crippen molar-refractivity contribution in [2.24, 2.45) is 0 Å². The summed E-state index contributed by atoms with van der Waals surface area (Å²) in [7, 11) is 3.91. The summed E-state index contributed by atoms with van der Waals surface area (Å²) >= 11 is 0. The number of nitrogens with zero attached hydrogens (tertiary/aromatic N) is 2. The van der Waals surface area contributed by atoms with Crippen LogP contribution in [-0.4, -0.2) is 49.6 Å². The Kier molecular flexibility index (Phi) is 7.27. The molecule has 0 aliphatic rings. The molecule has 5 nitrogen and oxygen atoms in total. The first kappa shape index (κ1) is 15.2. The van der Waals surface area contributed by atoms with Crippen LogP contribution in [0.3, 0.4) is 0 Å². The molecule has 0 unspecified atom stereocenters. The number of ether oxygens (including phenoxy) is 1. The summed E-state index contributed by atoms with van der Waals surface area (Å²) in [5, 5.41) is 2.80. The molecule has 0 spiro atoms. The smallest absolute Gasteiger partial charge is 0.243 e. The van der Waals surface area contributed by atoms with E-state index in [9.17, 15) is 4.79 Å². The first-order chi connectivity index (χ1) is 9.18. The van der Waals surface area contributed by atoms with Gasteiger partial charge < -0.3 is 15.0 Å². The van der Waals surface area contributed by atoms with Gasteiger partial charge in [-0.3, -0.25) is 4.79 Å². The van der Waals surface area contributed by atoms with E-state index in [-0.39, 0.29) is 5.91 Å². The summed E-state index contributed by atoms with van der Waals surface area (Å²) in [6.45, 7) is 1.90. The van der Waals surface area contributed by atoms with Gasteiger partial charge in [-0.25, -0.2) is 4.98 Å². The fourth-order valence-corrected chi connectivity index (χ4v) is 1.32. The maximum atomic E-state index is 11.4. The van der Waals surface area contributed by atoms with Gasteiger partial charge in [0.1, 0.15) is 0 Å². The van der Waals surface area contributed by atoms with Crippen molar-refractivity contribution in [1.82, 2.24) is 15.2 Å².